The van der Waals surface area contributed by atoms with E-state index in [9.17, 15) is 4.21 Å². The molecule has 88 valence electrons. The third-order valence-electron chi connectivity index (χ3n) is 2.79. The summed E-state index contributed by atoms with van der Waals surface area (Å²) in [5.41, 5.74) is 0.861. The summed E-state index contributed by atoms with van der Waals surface area (Å²) in [7, 11) is -1.00. The van der Waals surface area contributed by atoms with Gasteiger partial charge in [-0.1, -0.05) is 0 Å². The summed E-state index contributed by atoms with van der Waals surface area (Å²) < 4.78 is 12.0. The highest BCUT2D eigenvalue weighted by atomic mass is 32.2. The van der Waals surface area contributed by atoms with Crippen LogP contribution in [0.25, 0.3) is 0 Å². The highest BCUT2D eigenvalue weighted by Crippen LogP contribution is 2.14. The molecule has 0 spiro atoms. The van der Waals surface area contributed by atoms with E-state index < -0.39 is 10.8 Å². The Morgan fingerprint density at radius 3 is 3.00 bits per heavy atom. The SMILES string of the molecule is Cc1ccc([S@@](=O)C[C@@H]2CCCNC2)nn1. The minimum absolute atomic E-state index is 0.512. The van der Waals surface area contributed by atoms with Crippen LogP contribution in [-0.2, 0) is 10.8 Å². The molecule has 5 heteroatoms. The molecule has 1 aromatic rings. The normalized spacial score (nSPS) is 22.9. The van der Waals surface area contributed by atoms with E-state index in [2.05, 4.69) is 15.5 Å². The summed E-state index contributed by atoms with van der Waals surface area (Å²) in [6, 6.07) is 3.67. The lowest BCUT2D eigenvalue weighted by Crippen LogP contribution is -2.32. The van der Waals surface area contributed by atoms with Gasteiger partial charge >= 0.3 is 0 Å². The molecule has 0 saturated carbocycles. The highest BCUT2D eigenvalue weighted by Gasteiger charge is 2.17. The Morgan fingerprint density at radius 2 is 2.38 bits per heavy atom. The molecule has 0 aliphatic carbocycles. The van der Waals surface area contributed by atoms with Crippen LogP contribution in [0.1, 0.15) is 18.5 Å². The Bertz CT molecular complexity index is 360. The summed E-state index contributed by atoms with van der Waals surface area (Å²) >= 11 is 0. The second kappa shape index (κ2) is 5.50. The Balaban J connectivity index is 1.94. The fourth-order valence-corrected chi connectivity index (χ4v) is 3.11. The number of rotatable bonds is 3. The molecule has 1 saturated heterocycles. The van der Waals surface area contributed by atoms with Crippen LogP contribution in [0.5, 0.6) is 0 Å². The molecule has 0 unspecified atom stereocenters. The Labute approximate surface area is 98.3 Å². The zero-order valence-electron chi connectivity index (χ0n) is 9.48. The third kappa shape index (κ3) is 3.09. The van der Waals surface area contributed by atoms with E-state index in [0.717, 1.165) is 25.2 Å². The van der Waals surface area contributed by atoms with Gasteiger partial charge < -0.3 is 5.32 Å². The maximum atomic E-state index is 12.0. The van der Waals surface area contributed by atoms with Gasteiger partial charge in [0.2, 0.25) is 0 Å². The van der Waals surface area contributed by atoms with Crippen molar-refractivity contribution in [3.63, 3.8) is 0 Å². The standard InChI is InChI=1S/C11H17N3OS/c1-9-4-5-11(14-13-9)16(15)8-10-3-2-6-12-7-10/h4-5,10,12H,2-3,6-8H2,1H3/t10-,16+/m1/s1. The quantitative estimate of drug-likeness (QED) is 0.851. The van der Waals surface area contributed by atoms with E-state index in [1.165, 1.54) is 6.42 Å². The van der Waals surface area contributed by atoms with Gasteiger partial charge in [0.25, 0.3) is 0 Å². The van der Waals surface area contributed by atoms with Crippen LogP contribution in [0.15, 0.2) is 17.2 Å². The van der Waals surface area contributed by atoms with Crippen molar-refractivity contribution in [2.45, 2.75) is 24.8 Å². The topological polar surface area (TPSA) is 54.9 Å². The van der Waals surface area contributed by atoms with Crippen LogP contribution in [0.2, 0.25) is 0 Å². The van der Waals surface area contributed by atoms with Crippen molar-refractivity contribution in [3.8, 4) is 0 Å². The van der Waals surface area contributed by atoms with Crippen LogP contribution in [0.4, 0.5) is 0 Å². The minimum atomic E-state index is -1.00. The maximum absolute atomic E-state index is 12.0. The molecule has 0 radical (unpaired) electrons. The average Bonchev–Trinajstić information content (AvgIpc) is 2.31. The molecule has 2 atom stereocenters. The van der Waals surface area contributed by atoms with Gasteiger partial charge in [-0.2, -0.15) is 5.10 Å². The number of hydrogen-bond donors (Lipinski definition) is 1. The number of aryl methyl sites for hydroxylation is 1. The van der Waals surface area contributed by atoms with Crippen molar-refractivity contribution in [2.75, 3.05) is 18.8 Å². The predicted octanol–water partition coefficient (Wildman–Crippen LogP) is 0.892. The molecule has 1 aliphatic rings. The molecule has 0 bridgehead atoms. The lowest BCUT2D eigenvalue weighted by Gasteiger charge is -2.21. The molecule has 2 rings (SSSR count). The molecule has 4 nitrogen and oxygen atoms in total. The van der Waals surface area contributed by atoms with Crippen LogP contribution in [0.3, 0.4) is 0 Å². The van der Waals surface area contributed by atoms with Crippen LogP contribution < -0.4 is 5.32 Å². The molecule has 2 heterocycles. The van der Waals surface area contributed by atoms with Gasteiger partial charge in [-0.15, -0.1) is 5.10 Å². The molecular weight excluding hydrogens is 222 g/mol. The average molecular weight is 239 g/mol. The lowest BCUT2D eigenvalue weighted by atomic mass is 10.0. The summed E-state index contributed by atoms with van der Waals surface area (Å²) in [6.07, 6.45) is 2.35. The monoisotopic (exact) mass is 239 g/mol. The first-order chi connectivity index (χ1) is 7.75. The fraction of sp³-hybridized carbons (Fsp3) is 0.636. The smallest absolute Gasteiger partial charge is 0.149 e. The highest BCUT2D eigenvalue weighted by molar-refractivity contribution is 7.84. The third-order valence-corrected chi connectivity index (χ3v) is 4.25. The zero-order chi connectivity index (χ0) is 11.4. The molecule has 1 aromatic heterocycles. The maximum Gasteiger partial charge on any atom is 0.149 e. The summed E-state index contributed by atoms with van der Waals surface area (Å²) in [4.78, 5) is 0. The van der Waals surface area contributed by atoms with Gasteiger partial charge in [0.05, 0.1) is 16.5 Å². The van der Waals surface area contributed by atoms with E-state index in [-0.39, 0.29) is 0 Å². The van der Waals surface area contributed by atoms with Crippen molar-refractivity contribution in [1.82, 2.24) is 15.5 Å². The van der Waals surface area contributed by atoms with Gasteiger partial charge in [-0.05, 0) is 50.9 Å². The minimum Gasteiger partial charge on any atom is -0.316 e. The van der Waals surface area contributed by atoms with Crippen LogP contribution >= 0.6 is 0 Å². The number of nitrogens with one attached hydrogen (secondary N) is 1. The summed E-state index contributed by atoms with van der Waals surface area (Å²) in [6.45, 7) is 3.95. The van der Waals surface area contributed by atoms with Crippen molar-refractivity contribution in [3.05, 3.63) is 17.8 Å². The van der Waals surface area contributed by atoms with E-state index in [4.69, 9.17) is 0 Å². The number of hydrogen-bond acceptors (Lipinski definition) is 4. The number of piperidine rings is 1. The molecule has 0 aromatic carbocycles. The van der Waals surface area contributed by atoms with E-state index in [0.29, 0.717) is 16.7 Å². The van der Waals surface area contributed by atoms with E-state index in [1.807, 2.05) is 19.1 Å². The molecule has 0 amide bonds. The Hall–Kier alpha value is -0.810. The first-order valence-electron chi connectivity index (χ1n) is 5.65. The first-order valence-corrected chi connectivity index (χ1v) is 6.97. The second-order valence-corrected chi connectivity index (χ2v) is 5.68. The number of aromatic nitrogens is 2. The van der Waals surface area contributed by atoms with Crippen LogP contribution in [0, 0.1) is 12.8 Å². The first kappa shape index (κ1) is 11.7. The van der Waals surface area contributed by atoms with E-state index >= 15 is 0 Å². The van der Waals surface area contributed by atoms with Gasteiger partial charge in [-0.3, -0.25) is 4.21 Å². The van der Waals surface area contributed by atoms with Gasteiger partial charge in [0.15, 0.2) is 0 Å². The van der Waals surface area contributed by atoms with Crippen LogP contribution in [-0.4, -0.2) is 33.2 Å². The van der Waals surface area contributed by atoms with Crippen molar-refractivity contribution >= 4 is 10.8 Å². The van der Waals surface area contributed by atoms with Crippen molar-refractivity contribution in [1.29, 1.82) is 0 Å². The molecule has 1 fully saturated rings. The van der Waals surface area contributed by atoms with Crippen molar-refractivity contribution in [2.24, 2.45) is 5.92 Å². The molecule has 1 N–H and O–H groups in total. The molecule has 1 aliphatic heterocycles. The lowest BCUT2D eigenvalue weighted by molar-refractivity contribution is 0.407. The summed E-state index contributed by atoms with van der Waals surface area (Å²) in [5.74, 6) is 1.21. The molecule has 16 heavy (non-hydrogen) atoms. The number of nitrogens with zero attached hydrogens (tertiary/aromatic N) is 2. The van der Waals surface area contributed by atoms with E-state index in [1.54, 1.807) is 0 Å². The Morgan fingerprint density at radius 1 is 1.50 bits per heavy atom. The van der Waals surface area contributed by atoms with Gasteiger partial charge in [0.1, 0.15) is 5.03 Å². The Kier molecular flexibility index (Phi) is 4.01. The van der Waals surface area contributed by atoms with Gasteiger partial charge in [0, 0.05) is 5.75 Å². The summed E-state index contributed by atoms with van der Waals surface area (Å²) in [5, 5.41) is 11.8. The van der Waals surface area contributed by atoms with Gasteiger partial charge in [-0.25, -0.2) is 0 Å². The second-order valence-electron chi connectivity index (χ2n) is 4.24. The van der Waals surface area contributed by atoms with Crippen molar-refractivity contribution < 1.29 is 4.21 Å². The predicted molar refractivity (Wildman–Crippen MR) is 63.6 cm³/mol. The largest absolute Gasteiger partial charge is 0.316 e. The fourth-order valence-electron chi connectivity index (χ4n) is 1.87. The zero-order valence-corrected chi connectivity index (χ0v) is 10.3. The molecular formula is C11H17N3OS.